The Labute approximate surface area is 171 Å². The van der Waals surface area contributed by atoms with Gasteiger partial charge in [-0.2, -0.15) is 0 Å². The third-order valence-corrected chi connectivity index (χ3v) is 4.64. The standard InChI is InChI=1S/C22H19N3O5/c1-14-18(15(2)30-24-14)13-28-19-8-4-3-7-17(19)22(27)29-12-16-11-21(26)25-10-6-5-9-20(25)23-16/h3-11H,12-13H2,1-2H3. The van der Waals surface area contributed by atoms with Crippen LogP contribution in [0.25, 0.3) is 5.65 Å². The van der Waals surface area contributed by atoms with Crippen molar-refractivity contribution in [3.05, 3.63) is 93.4 Å². The molecule has 0 atom stereocenters. The average molecular weight is 405 g/mol. The van der Waals surface area contributed by atoms with Gasteiger partial charge < -0.3 is 14.0 Å². The van der Waals surface area contributed by atoms with Gasteiger partial charge in [0.25, 0.3) is 5.56 Å². The van der Waals surface area contributed by atoms with Crippen LogP contribution in [-0.4, -0.2) is 20.5 Å². The lowest BCUT2D eigenvalue weighted by Crippen LogP contribution is -2.16. The zero-order chi connectivity index (χ0) is 21.1. The number of aromatic nitrogens is 3. The Morgan fingerprint density at radius 1 is 1.10 bits per heavy atom. The predicted octanol–water partition coefficient (Wildman–Crippen LogP) is 3.24. The van der Waals surface area contributed by atoms with Crippen molar-refractivity contribution in [3.8, 4) is 5.75 Å². The molecule has 3 heterocycles. The first-order valence-electron chi connectivity index (χ1n) is 9.31. The first-order valence-corrected chi connectivity index (χ1v) is 9.31. The number of carbonyl (C=O) groups is 1. The van der Waals surface area contributed by atoms with Crippen molar-refractivity contribution >= 4 is 11.6 Å². The van der Waals surface area contributed by atoms with Crippen LogP contribution in [0.5, 0.6) is 5.75 Å². The molecule has 30 heavy (non-hydrogen) atoms. The Morgan fingerprint density at radius 3 is 2.70 bits per heavy atom. The fourth-order valence-electron chi connectivity index (χ4n) is 3.01. The molecule has 0 spiro atoms. The van der Waals surface area contributed by atoms with E-state index in [9.17, 15) is 9.59 Å². The van der Waals surface area contributed by atoms with E-state index in [4.69, 9.17) is 14.0 Å². The summed E-state index contributed by atoms with van der Waals surface area (Å²) in [5.41, 5.74) is 2.46. The summed E-state index contributed by atoms with van der Waals surface area (Å²) in [7, 11) is 0. The minimum Gasteiger partial charge on any atom is -0.488 e. The van der Waals surface area contributed by atoms with Gasteiger partial charge in [-0.15, -0.1) is 0 Å². The maximum absolute atomic E-state index is 12.6. The van der Waals surface area contributed by atoms with Crippen LogP contribution in [0.1, 0.15) is 33.1 Å². The Morgan fingerprint density at radius 2 is 1.90 bits per heavy atom. The van der Waals surface area contributed by atoms with Gasteiger partial charge in [0.1, 0.15) is 35.9 Å². The normalized spacial score (nSPS) is 10.9. The number of fused-ring (bicyclic) bond motifs is 1. The molecule has 8 heteroatoms. The molecule has 4 rings (SSSR count). The zero-order valence-corrected chi connectivity index (χ0v) is 16.5. The number of para-hydroxylation sites is 1. The summed E-state index contributed by atoms with van der Waals surface area (Å²) in [6.07, 6.45) is 1.63. The zero-order valence-electron chi connectivity index (χ0n) is 16.5. The van der Waals surface area contributed by atoms with Gasteiger partial charge in [-0.3, -0.25) is 9.20 Å². The lowest BCUT2D eigenvalue weighted by molar-refractivity contribution is 0.0462. The topological polar surface area (TPSA) is 95.9 Å². The lowest BCUT2D eigenvalue weighted by atomic mass is 10.2. The van der Waals surface area contributed by atoms with Gasteiger partial charge in [0.15, 0.2) is 0 Å². The van der Waals surface area contributed by atoms with Crippen LogP contribution < -0.4 is 10.3 Å². The number of esters is 1. The molecule has 3 aromatic heterocycles. The molecule has 0 N–H and O–H groups in total. The van der Waals surface area contributed by atoms with Crippen molar-refractivity contribution in [1.82, 2.24) is 14.5 Å². The summed E-state index contributed by atoms with van der Waals surface area (Å²) >= 11 is 0. The minimum absolute atomic E-state index is 0.127. The monoisotopic (exact) mass is 405 g/mol. The van der Waals surface area contributed by atoms with Crippen LogP contribution >= 0.6 is 0 Å². The van der Waals surface area contributed by atoms with E-state index >= 15 is 0 Å². The molecule has 0 bridgehead atoms. The number of hydrogen-bond acceptors (Lipinski definition) is 7. The molecule has 0 radical (unpaired) electrons. The van der Waals surface area contributed by atoms with Gasteiger partial charge in [0.05, 0.1) is 17.0 Å². The maximum Gasteiger partial charge on any atom is 0.342 e. The van der Waals surface area contributed by atoms with Gasteiger partial charge in [-0.25, -0.2) is 9.78 Å². The van der Waals surface area contributed by atoms with Gasteiger partial charge in [0.2, 0.25) is 0 Å². The van der Waals surface area contributed by atoms with Crippen LogP contribution in [0.2, 0.25) is 0 Å². The summed E-state index contributed by atoms with van der Waals surface area (Å²) < 4.78 is 17.8. The quantitative estimate of drug-likeness (QED) is 0.454. The molecule has 0 aliphatic heterocycles. The Bertz CT molecular complexity index is 1260. The van der Waals surface area contributed by atoms with Crippen molar-refractivity contribution in [2.24, 2.45) is 0 Å². The van der Waals surface area contributed by atoms with E-state index in [0.717, 1.165) is 11.3 Å². The smallest absolute Gasteiger partial charge is 0.342 e. The van der Waals surface area contributed by atoms with Gasteiger partial charge >= 0.3 is 5.97 Å². The Hall–Kier alpha value is -3.94. The summed E-state index contributed by atoms with van der Waals surface area (Å²) in [6.45, 7) is 3.72. The van der Waals surface area contributed by atoms with E-state index in [2.05, 4.69) is 10.1 Å². The van der Waals surface area contributed by atoms with Gasteiger partial charge in [0, 0.05) is 12.3 Å². The van der Waals surface area contributed by atoms with Crippen molar-refractivity contribution in [2.45, 2.75) is 27.1 Å². The minimum atomic E-state index is -0.570. The molecule has 0 fully saturated rings. The van der Waals surface area contributed by atoms with E-state index in [1.807, 2.05) is 6.92 Å². The summed E-state index contributed by atoms with van der Waals surface area (Å²) in [6, 6.07) is 13.4. The van der Waals surface area contributed by atoms with E-state index in [1.165, 1.54) is 10.5 Å². The fourth-order valence-corrected chi connectivity index (χ4v) is 3.01. The van der Waals surface area contributed by atoms with E-state index in [1.54, 1.807) is 55.6 Å². The second-order valence-corrected chi connectivity index (χ2v) is 6.68. The SMILES string of the molecule is Cc1noc(C)c1COc1ccccc1C(=O)OCc1cc(=O)n2ccccc2n1. The molecule has 8 nitrogen and oxygen atoms in total. The highest BCUT2D eigenvalue weighted by molar-refractivity contribution is 5.92. The number of benzene rings is 1. The largest absolute Gasteiger partial charge is 0.488 e. The number of pyridine rings is 1. The molecule has 4 aromatic rings. The second kappa shape index (κ2) is 8.20. The number of nitrogens with zero attached hydrogens (tertiary/aromatic N) is 3. The molecular weight excluding hydrogens is 386 g/mol. The van der Waals surface area contributed by atoms with Crippen LogP contribution in [0.3, 0.4) is 0 Å². The number of ether oxygens (including phenoxy) is 2. The number of rotatable bonds is 6. The Kier molecular flexibility index (Phi) is 5.30. The highest BCUT2D eigenvalue weighted by Gasteiger charge is 2.16. The molecule has 1 aromatic carbocycles. The molecule has 152 valence electrons. The number of hydrogen-bond donors (Lipinski definition) is 0. The number of carbonyl (C=O) groups excluding carboxylic acids is 1. The van der Waals surface area contributed by atoms with Crippen LogP contribution in [-0.2, 0) is 18.0 Å². The summed E-state index contributed by atoms with van der Waals surface area (Å²) in [4.78, 5) is 29.2. The van der Waals surface area contributed by atoms with Crippen LogP contribution in [0, 0.1) is 13.8 Å². The fraction of sp³-hybridized carbons (Fsp3) is 0.182. The molecule has 0 amide bonds. The lowest BCUT2D eigenvalue weighted by Gasteiger charge is -2.11. The molecule has 0 aliphatic carbocycles. The third-order valence-electron chi connectivity index (χ3n) is 4.64. The predicted molar refractivity (Wildman–Crippen MR) is 107 cm³/mol. The van der Waals surface area contributed by atoms with Crippen molar-refractivity contribution in [2.75, 3.05) is 0 Å². The Balaban J connectivity index is 1.48. The first-order chi connectivity index (χ1) is 14.5. The van der Waals surface area contributed by atoms with Crippen molar-refractivity contribution in [1.29, 1.82) is 0 Å². The van der Waals surface area contributed by atoms with Crippen LogP contribution in [0.4, 0.5) is 0 Å². The highest BCUT2D eigenvalue weighted by atomic mass is 16.5. The van der Waals surface area contributed by atoms with Crippen molar-refractivity contribution in [3.63, 3.8) is 0 Å². The van der Waals surface area contributed by atoms with E-state index < -0.39 is 5.97 Å². The van der Waals surface area contributed by atoms with E-state index in [0.29, 0.717) is 22.9 Å². The van der Waals surface area contributed by atoms with E-state index in [-0.39, 0.29) is 24.3 Å². The molecule has 0 unspecified atom stereocenters. The first kappa shape index (κ1) is 19.4. The number of aryl methyl sites for hydroxylation is 2. The molecule has 0 saturated heterocycles. The third kappa shape index (κ3) is 3.93. The van der Waals surface area contributed by atoms with Crippen LogP contribution in [0.15, 0.2) is 64.0 Å². The maximum atomic E-state index is 12.6. The van der Waals surface area contributed by atoms with Gasteiger partial charge in [-0.1, -0.05) is 23.4 Å². The highest BCUT2D eigenvalue weighted by Crippen LogP contribution is 2.22. The van der Waals surface area contributed by atoms with Gasteiger partial charge in [-0.05, 0) is 38.1 Å². The second-order valence-electron chi connectivity index (χ2n) is 6.68. The molecule has 0 aliphatic rings. The average Bonchev–Trinajstić information content (AvgIpc) is 3.08. The summed E-state index contributed by atoms with van der Waals surface area (Å²) in [5, 5.41) is 3.90. The molecule has 0 saturated carbocycles. The van der Waals surface area contributed by atoms with Crippen molar-refractivity contribution < 1.29 is 18.8 Å². The summed E-state index contributed by atoms with van der Waals surface area (Å²) in [5.74, 6) is 0.481. The molecular formula is C22H19N3O5.